The fourth-order valence-electron chi connectivity index (χ4n) is 1.63. The molecule has 0 unspecified atom stereocenters. The van der Waals surface area contributed by atoms with Gasteiger partial charge in [0.25, 0.3) is 0 Å². The molecule has 0 aromatic heterocycles. The summed E-state index contributed by atoms with van der Waals surface area (Å²) in [7, 11) is 0. The second kappa shape index (κ2) is 5.95. The molecule has 1 atom stereocenters. The second-order valence-corrected chi connectivity index (χ2v) is 4.26. The highest BCUT2D eigenvalue weighted by Crippen LogP contribution is 2.23. The molecule has 98 valence electrons. The quantitative estimate of drug-likeness (QED) is 0.811. The van der Waals surface area contributed by atoms with Crippen LogP contribution in [0.5, 0.6) is 0 Å². The lowest BCUT2D eigenvalue weighted by Gasteiger charge is -2.29. The molecule has 2 N–H and O–H groups in total. The Balaban J connectivity index is 1.83. The molecule has 0 bridgehead atoms. The second-order valence-electron chi connectivity index (χ2n) is 4.26. The van der Waals surface area contributed by atoms with Crippen molar-refractivity contribution in [3.63, 3.8) is 0 Å². The van der Waals surface area contributed by atoms with Crippen molar-refractivity contribution >= 4 is 5.97 Å². The zero-order valence-electron chi connectivity index (χ0n) is 10.2. The largest absolute Gasteiger partial charge is 0.456 e. The molecule has 0 radical (unpaired) electrons. The molecule has 0 saturated carbocycles. The number of rotatable bonds is 3. The molecule has 2 rings (SSSR count). The molecule has 1 aliphatic rings. The number of hydrogen-bond donors (Lipinski definition) is 1. The minimum atomic E-state index is -0.628. The number of esters is 1. The van der Waals surface area contributed by atoms with E-state index < -0.39 is 18.3 Å². The molecule has 18 heavy (non-hydrogen) atoms. The molecular weight excluding hydrogens is 234 g/mol. The Hall–Kier alpha value is -1.43. The summed E-state index contributed by atoms with van der Waals surface area (Å²) in [5.74, 6) is -0.439. The summed E-state index contributed by atoms with van der Waals surface area (Å²) >= 11 is 0. The van der Waals surface area contributed by atoms with Gasteiger partial charge in [-0.05, 0) is 6.92 Å². The highest BCUT2D eigenvalue weighted by atomic mass is 16.7. The van der Waals surface area contributed by atoms with Crippen LogP contribution in [0.1, 0.15) is 18.8 Å². The molecule has 1 aromatic carbocycles. The Bertz CT molecular complexity index is 385. The van der Waals surface area contributed by atoms with Gasteiger partial charge in [0.2, 0.25) is 0 Å². The van der Waals surface area contributed by atoms with Crippen LogP contribution in [-0.2, 0) is 19.0 Å². The summed E-state index contributed by atoms with van der Waals surface area (Å²) in [6, 6.07) is 9.00. The summed E-state index contributed by atoms with van der Waals surface area (Å²) in [5, 5.41) is 0. The van der Waals surface area contributed by atoms with Gasteiger partial charge in [-0.25, -0.2) is 0 Å². The Kier molecular flexibility index (Phi) is 4.30. The molecule has 5 nitrogen and oxygen atoms in total. The third-order valence-electron chi connectivity index (χ3n) is 2.59. The first-order valence-electron chi connectivity index (χ1n) is 5.91. The zero-order chi connectivity index (χ0) is 13.0. The molecule has 0 spiro atoms. The van der Waals surface area contributed by atoms with Crippen LogP contribution in [0.15, 0.2) is 30.3 Å². The lowest BCUT2D eigenvalue weighted by molar-refractivity contribution is -0.230. The van der Waals surface area contributed by atoms with Crippen molar-refractivity contribution in [3.05, 3.63) is 35.9 Å². The fraction of sp³-hybridized carbons (Fsp3) is 0.462. The van der Waals surface area contributed by atoms with Gasteiger partial charge in [0.1, 0.15) is 12.1 Å². The van der Waals surface area contributed by atoms with Gasteiger partial charge in [-0.2, -0.15) is 0 Å². The summed E-state index contributed by atoms with van der Waals surface area (Å²) in [5.41, 5.74) is 6.37. The summed E-state index contributed by atoms with van der Waals surface area (Å²) in [4.78, 5) is 11.3. The third-order valence-corrected chi connectivity index (χ3v) is 2.59. The number of ether oxygens (including phenoxy) is 3. The average molecular weight is 251 g/mol. The SMILES string of the molecule is C[C@H](N)C(=O)OC1COC(c2ccccc2)OC1. The molecule has 1 aromatic rings. The van der Waals surface area contributed by atoms with Crippen LogP contribution < -0.4 is 5.73 Å². The van der Waals surface area contributed by atoms with Gasteiger partial charge in [0.15, 0.2) is 6.29 Å². The van der Waals surface area contributed by atoms with Gasteiger partial charge < -0.3 is 19.9 Å². The predicted octanol–water partition coefficient (Wildman–Crippen LogP) is 0.991. The molecule has 5 heteroatoms. The Labute approximate surface area is 106 Å². The minimum Gasteiger partial charge on any atom is -0.456 e. The predicted molar refractivity (Wildman–Crippen MR) is 64.6 cm³/mol. The van der Waals surface area contributed by atoms with Crippen molar-refractivity contribution in [2.75, 3.05) is 13.2 Å². The first-order valence-corrected chi connectivity index (χ1v) is 5.91. The lowest BCUT2D eigenvalue weighted by Crippen LogP contribution is -2.39. The standard InChI is InChI=1S/C13H17NO4/c1-9(14)12(15)18-11-7-16-13(17-8-11)10-5-3-2-4-6-10/h2-6,9,11,13H,7-8,14H2,1H3/t9-,11?,13?/m0/s1. The van der Waals surface area contributed by atoms with E-state index in [0.717, 1.165) is 5.56 Å². The van der Waals surface area contributed by atoms with Crippen LogP contribution in [0.2, 0.25) is 0 Å². The van der Waals surface area contributed by atoms with Crippen LogP contribution in [0.25, 0.3) is 0 Å². The molecule has 0 aliphatic carbocycles. The van der Waals surface area contributed by atoms with Gasteiger partial charge in [0, 0.05) is 5.56 Å². The monoisotopic (exact) mass is 251 g/mol. The van der Waals surface area contributed by atoms with Crippen molar-refractivity contribution in [2.45, 2.75) is 25.4 Å². The molecule has 1 aliphatic heterocycles. The molecule has 1 heterocycles. The van der Waals surface area contributed by atoms with Crippen LogP contribution in [0, 0.1) is 0 Å². The number of hydrogen-bond acceptors (Lipinski definition) is 5. The highest BCUT2D eigenvalue weighted by Gasteiger charge is 2.26. The van der Waals surface area contributed by atoms with E-state index in [1.165, 1.54) is 0 Å². The maximum absolute atomic E-state index is 11.3. The topological polar surface area (TPSA) is 70.8 Å². The van der Waals surface area contributed by atoms with E-state index in [1.54, 1.807) is 6.92 Å². The summed E-state index contributed by atoms with van der Waals surface area (Å²) < 4.78 is 16.2. The Morgan fingerprint density at radius 2 is 1.94 bits per heavy atom. The smallest absolute Gasteiger partial charge is 0.323 e. The van der Waals surface area contributed by atoms with E-state index in [0.29, 0.717) is 13.2 Å². The average Bonchev–Trinajstić information content (AvgIpc) is 2.40. The Morgan fingerprint density at radius 1 is 1.33 bits per heavy atom. The van der Waals surface area contributed by atoms with Crippen molar-refractivity contribution in [2.24, 2.45) is 5.73 Å². The van der Waals surface area contributed by atoms with E-state index in [-0.39, 0.29) is 6.10 Å². The molecule has 0 amide bonds. The van der Waals surface area contributed by atoms with Gasteiger partial charge in [-0.1, -0.05) is 30.3 Å². The van der Waals surface area contributed by atoms with E-state index >= 15 is 0 Å². The summed E-state index contributed by atoms with van der Waals surface area (Å²) in [6.07, 6.45) is -0.778. The summed E-state index contributed by atoms with van der Waals surface area (Å²) in [6.45, 7) is 2.22. The normalized spacial score (nSPS) is 25.4. The number of benzene rings is 1. The van der Waals surface area contributed by atoms with Gasteiger partial charge in [0.05, 0.1) is 13.2 Å². The van der Waals surface area contributed by atoms with E-state index in [9.17, 15) is 4.79 Å². The maximum Gasteiger partial charge on any atom is 0.323 e. The molecular formula is C13H17NO4. The van der Waals surface area contributed by atoms with Crippen LogP contribution >= 0.6 is 0 Å². The van der Waals surface area contributed by atoms with Crippen molar-refractivity contribution in [1.82, 2.24) is 0 Å². The number of carbonyl (C=O) groups is 1. The van der Waals surface area contributed by atoms with E-state index in [1.807, 2.05) is 30.3 Å². The van der Waals surface area contributed by atoms with Crippen molar-refractivity contribution in [1.29, 1.82) is 0 Å². The minimum absolute atomic E-state index is 0.317. The van der Waals surface area contributed by atoms with Crippen molar-refractivity contribution < 1.29 is 19.0 Å². The Morgan fingerprint density at radius 3 is 2.50 bits per heavy atom. The number of carbonyl (C=O) groups excluding carboxylic acids is 1. The van der Waals surface area contributed by atoms with Gasteiger partial charge in [-0.15, -0.1) is 0 Å². The molecule has 1 saturated heterocycles. The van der Waals surface area contributed by atoms with Gasteiger partial charge in [-0.3, -0.25) is 4.79 Å². The van der Waals surface area contributed by atoms with Crippen LogP contribution in [0.4, 0.5) is 0 Å². The zero-order valence-corrected chi connectivity index (χ0v) is 10.2. The number of nitrogens with two attached hydrogens (primary N) is 1. The third kappa shape index (κ3) is 3.29. The fourth-order valence-corrected chi connectivity index (χ4v) is 1.63. The van der Waals surface area contributed by atoms with Crippen LogP contribution in [0.3, 0.4) is 0 Å². The maximum atomic E-state index is 11.3. The van der Waals surface area contributed by atoms with Crippen molar-refractivity contribution in [3.8, 4) is 0 Å². The first-order chi connectivity index (χ1) is 8.66. The lowest BCUT2D eigenvalue weighted by atomic mass is 10.2. The van der Waals surface area contributed by atoms with Gasteiger partial charge >= 0.3 is 5.97 Å². The molecule has 1 fully saturated rings. The first kappa shape index (κ1) is 13.0. The van der Waals surface area contributed by atoms with E-state index in [2.05, 4.69) is 0 Å². The highest BCUT2D eigenvalue weighted by molar-refractivity contribution is 5.75. The van der Waals surface area contributed by atoms with E-state index in [4.69, 9.17) is 19.9 Å². The van der Waals surface area contributed by atoms with Crippen LogP contribution in [-0.4, -0.2) is 31.3 Å².